The van der Waals surface area contributed by atoms with Gasteiger partial charge < -0.3 is 5.73 Å². The molecule has 8 heteroatoms. The summed E-state index contributed by atoms with van der Waals surface area (Å²) < 4.78 is 13.2. The molecule has 20 heavy (non-hydrogen) atoms. The average molecular weight is 312 g/mol. The van der Waals surface area contributed by atoms with Crippen LogP contribution in [0.15, 0.2) is 18.2 Å². The predicted molar refractivity (Wildman–Crippen MR) is 78.8 cm³/mol. The summed E-state index contributed by atoms with van der Waals surface area (Å²) in [6.45, 7) is 0. The van der Waals surface area contributed by atoms with Crippen LogP contribution in [0.5, 0.6) is 0 Å². The molecule has 1 aliphatic heterocycles. The van der Waals surface area contributed by atoms with Crippen LogP contribution in [-0.4, -0.2) is 35.9 Å². The van der Waals surface area contributed by atoms with Crippen molar-refractivity contribution in [2.75, 3.05) is 17.2 Å². The van der Waals surface area contributed by atoms with E-state index in [1.165, 1.54) is 0 Å². The van der Waals surface area contributed by atoms with E-state index in [4.69, 9.17) is 17.3 Å². The number of halogens is 1. The lowest BCUT2D eigenvalue weighted by Crippen LogP contribution is -2.23. The Hall–Kier alpha value is -1.47. The molecule has 1 saturated heterocycles. The van der Waals surface area contributed by atoms with Crippen LogP contribution in [0.3, 0.4) is 0 Å². The summed E-state index contributed by atoms with van der Waals surface area (Å²) in [6.07, 6.45) is 1.62. The maximum absolute atomic E-state index is 11.4. The van der Waals surface area contributed by atoms with Gasteiger partial charge in [-0.3, -0.25) is 4.21 Å². The molecule has 0 bridgehead atoms. The van der Waals surface area contributed by atoms with Crippen molar-refractivity contribution >= 4 is 28.1 Å². The molecule has 2 N–H and O–H groups in total. The molecule has 2 heterocycles. The first-order chi connectivity index (χ1) is 9.66. The molecule has 1 aromatic heterocycles. The molecule has 106 valence electrons. The number of rotatable bonds is 2. The number of hydrogen-bond acceptors (Lipinski definition) is 5. The molecule has 1 fully saturated rings. The summed E-state index contributed by atoms with van der Waals surface area (Å²) in [6, 6.07) is 5.58. The van der Waals surface area contributed by atoms with Crippen molar-refractivity contribution in [3.05, 3.63) is 23.2 Å². The van der Waals surface area contributed by atoms with E-state index < -0.39 is 10.8 Å². The van der Waals surface area contributed by atoms with Gasteiger partial charge in [-0.25, -0.2) is 4.68 Å². The minimum Gasteiger partial charge on any atom is -0.398 e. The van der Waals surface area contributed by atoms with E-state index in [0.717, 1.165) is 18.4 Å². The molecule has 0 saturated carbocycles. The van der Waals surface area contributed by atoms with E-state index in [0.29, 0.717) is 28.0 Å². The SMILES string of the molecule is Nc1cccc(-c2nnnn2C2CCS(=O)CC2)c1Cl. The summed E-state index contributed by atoms with van der Waals surface area (Å²) in [5.74, 6) is 1.99. The molecule has 0 spiro atoms. The van der Waals surface area contributed by atoms with Crippen LogP contribution in [0.4, 0.5) is 5.69 Å². The zero-order valence-electron chi connectivity index (χ0n) is 10.7. The first-order valence-corrected chi connectivity index (χ1v) is 8.20. The van der Waals surface area contributed by atoms with Gasteiger partial charge in [0.1, 0.15) is 0 Å². The van der Waals surface area contributed by atoms with Crippen LogP contribution in [0.2, 0.25) is 5.02 Å². The zero-order valence-corrected chi connectivity index (χ0v) is 12.3. The molecule has 3 rings (SSSR count). The lowest BCUT2D eigenvalue weighted by molar-refractivity contribution is 0.415. The van der Waals surface area contributed by atoms with E-state index in [9.17, 15) is 4.21 Å². The number of tetrazole rings is 1. The number of benzene rings is 1. The Bertz CT molecular complexity index is 649. The highest BCUT2D eigenvalue weighted by Crippen LogP contribution is 2.33. The van der Waals surface area contributed by atoms with Gasteiger partial charge in [0.25, 0.3) is 0 Å². The van der Waals surface area contributed by atoms with Gasteiger partial charge in [-0.05, 0) is 35.4 Å². The first kappa shape index (κ1) is 13.5. The highest BCUT2D eigenvalue weighted by Gasteiger charge is 2.24. The second-order valence-electron chi connectivity index (χ2n) is 4.74. The fourth-order valence-electron chi connectivity index (χ4n) is 2.37. The summed E-state index contributed by atoms with van der Waals surface area (Å²) in [7, 11) is -0.710. The Balaban J connectivity index is 1.98. The Morgan fingerprint density at radius 3 is 2.85 bits per heavy atom. The Kier molecular flexibility index (Phi) is 3.71. The maximum atomic E-state index is 11.4. The molecule has 0 atom stereocenters. The van der Waals surface area contributed by atoms with Crippen molar-refractivity contribution in [3.63, 3.8) is 0 Å². The van der Waals surface area contributed by atoms with E-state index >= 15 is 0 Å². The molecular weight excluding hydrogens is 298 g/mol. The Labute approximate surface area is 123 Å². The maximum Gasteiger partial charge on any atom is 0.183 e. The van der Waals surface area contributed by atoms with Crippen LogP contribution in [0.1, 0.15) is 18.9 Å². The normalized spacial score (nSPS) is 22.9. The van der Waals surface area contributed by atoms with Crippen LogP contribution >= 0.6 is 11.6 Å². The summed E-state index contributed by atoms with van der Waals surface area (Å²) in [4.78, 5) is 0. The third-order valence-corrected chi connectivity index (χ3v) is 5.27. The largest absolute Gasteiger partial charge is 0.398 e. The van der Waals surface area contributed by atoms with Crippen molar-refractivity contribution in [2.45, 2.75) is 18.9 Å². The van der Waals surface area contributed by atoms with E-state index in [1.807, 2.05) is 12.1 Å². The molecule has 2 aromatic rings. The predicted octanol–water partition coefficient (Wildman–Crippen LogP) is 1.66. The number of nitrogen functional groups attached to an aromatic ring is 1. The van der Waals surface area contributed by atoms with Crippen molar-refractivity contribution in [3.8, 4) is 11.4 Å². The van der Waals surface area contributed by atoms with Gasteiger partial charge in [0.15, 0.2) is 5.82 Å². The van der Waals surface area contributed by atoms with Gasteiger partial charge in [-0.1, -0.05) is 17.7 Å². The van der Waals surface area contributed by atoms with E-state index in [-0.39, 0.29) is 6.04 Å². The molecule has 1 aromatic carbocycles. The van der Waals surface area contributed by atoms with Crippen LogP contribution in [0, 0.1) is 0 Å². The number of hydrogen-bond donors (Lipinski definition) is 1. The molecule has 0 amide bonds. The minimum absolute atomic E-state index is 0.162. The van der Waals surface area contributed by atoms with Crippen molar-refractivity contribution in [1.82, 2.24) is 20.2 Å². The monoisotopic (exact) mass is 311 g/mol. The van der Waals surface area contributed by atoms with Gasteiger partial charge in [0.2, 0.25) is 0 Å². The average Bonchev–Trinajstić information content (AvgIpc) is 2.92. The highest BCUT2D eigenvalue weighted by molar-refractivity contribution is 7.85. The third-order valence-electron chi connectivity index (χ3n) is 3.47. The van der Waals surface area contributed by atoms with Crippen molar-refractivity contribution in [2.24, 2.45) is 0 Å². The number of anilines is 1. The van der Waals surface area contributed by atoms with Gasteiger partial charge in [-0.2, -0.15) is 0 Å². The molecule has 0 unspecified atom stereocenters. The van der Waals surface area contributed by atoms with E-state index in [2.05, 4.69) is 15.5 Å². The fraction of sp³-hybridized carbons (Fsp3) is 0.417. The van der Waals surface area contributed by atoms with Gasteiger partial charge in [-0.15, -0.1) is 5.10 Å². The smallest absolute Gasteiger partial charge is 0.183 e. The second kappa shape index (κ2) is 5.49. The van der Waals surface area contributed by atoms with Crippen LogP contribution < -0.4 is 5.73 Å². The highest BCUT2D eigenvalue weighted by atomic mass is 35.5. The quantitative estimate of drug-likeness (QED) is 0.852. The first-order valence-electron chi connectivity index (χ1n) is 6.34. The third kappa shape index (κ3) is 2.43. The lowest BCUT2D eigenvalue weighted by Gasteiger charge is -2.22. The van der Waals surface area contributed by atoms with Gasteiger partial charge >= 0.3 is 0 Å². The number of nitrogens with two attached hydrogens (primary N) is 1. The van der Waals surface area contributed by atoms with Crippen LogP contribution in [0.25, 0.3) is 11.4 Å². The minimum atomic E-state index is -0.710. The Morgan fingerprint density at radius 1 is 1.35 bits per heavy atom. The standard InChI is InChI=1S/C12H14ClN5OS/c13-11-9(2-1-3-10(11)14)12-15-16-17-18(12)8-4-6-20(19)7-5-8/h1-3,8H,4-7,14H2. The molecule has 0 radical (unpaired) electrons. The van der Waals surface area contributed by atoms with Gasteiger partial charge in [0.05, 0.1) is 16.8 Å². The molecule has 0 aliphatic carbocycles. The summed E-state index contributed by atoms with van der Waals surface area (Å²) in [5, 5.41) is 12.4. The summed E-state index contributed by atoms with van der Waals surface area (Å²) in [5.41, 5.74) is 7.05. The zero-order chi connectivity index (χ0) is 14.1. The molecule has 6 nitrogen and oxygen atoms in total. The Morgan fingerprint density at radius 2 is 2.10 bits per heavy atom. The van der Waals surface area contributed by atoms with Crippen molar-refractivity contribution < 1.29 is 4.21 Å². The lowest BCUT2D eigenvalue weighted by atomic mass is 10.1. The second-order valence-corrected chi connectivity index (χ2v) is 6.81. The summed E-state index contributed by atoms with van der Waals surface area (Å²) >= 11 is 6.24. The fourth-order valence-corrected chi connectivity index (χ4v) is 3.85. The molecule has 1 aliphatic rings. The van der Waals surface area contributed by atoms with Crippen LogP contribution in [-0.2, 0) is 10.8 Å². The number of aromatic nitrogens is 4. The topological polar surface area (TPSA) is 86.7 Å². The van der Waals surface area contributed by atoms with E-state index in [1.54, 1.807) is 10.7 Å². The number of nitrogens with zero attached hydrogens (tertiary/aromatic N) is 4. The van der Waals surface area contributed by atoms with Crippen molar-refractivity contribution in [1.29, 1.82) is 0 Å². The van der Waals surface area contributed by atoms with Gasteiger partial charge in [0, 0.05) is 27.9 Å². The molecular formula is C12H14ClN5OS.